The van der Waals surface area contributed by atoms with E-state index in [1.807, 2.05) is 6.92 Å². The fourth-order valence-electron chi connectivity index (χ4n) is 2.62. The number of ether oxygens (including phenoxy) is 1. The van der Waals surface area contributed by atoms with Crippen LogP contribution in [0.25, 0.3) is 0 Å². The van der Waals surface area contributed by atoms with E-state index in [-0.39, 0.29) is 5.97 Å². The lowest BCUT2D eigenvalue weighted by atomic mass is 9.72. The van der Waals surface area contributed by atoms with Crippen molar-refractivity contribution in [3.63, 3.8) is 0 Å². The third kappa shape index (κ3) is 1.70. The van der Waals surface area contributed by atoms with Gasteiger partial charge in [-0.15, -0.1) is 6.58 Å². The van der Waals surface area contributed by atoms with Crippen molar-refractivity contribution in [1.29, 1.82) is 0 Å². The standard InChI is InChI=1S/C12H20O2/c1-4-12(5-2,11(13)14-3)10-8-6-7-9-10/h4,10H,1,5-9H2,2-3H3/t12-/m1/s1. The molecule has 0 aromatic heterocycles. The Bertz CT molecular complexity index is 216. The molecule has 14 heavy (non-hydrogen) atoms. The molecule has 2 nitrogen and oxygen atoms in total. The van der Waals surface area contributed by atoms with Gasteiger partial charge in [0.15, 0.2) is 0 Å². The first kappa shape index (κ1) is 11.3. The van der Waals surface area contributed by atoms with Crippen molar-refractivity contribution in [2.75, 3.05) is 7.11 Å². The molecule has 0 spiro atoms. The molecule has 80 valence electrons. The molecule has 0 aromatic carbocycles. The predicted molar refractivity (Wildman–Crippen MR) is 56.9 cm³/mol. The highest BCUT2D eigenvalue weighted by Gasteiger charge is 2.43. The predicted octanol–water partition coefficient (Wildman–Crippen LogP) is 2.93. The first-order valence-corrected chi connectivity index (χ1v) is 5.43. The van der Waals surface area contributed by atoms with Crippen LogP contribution < -0.4 is 0 Å². The van der Waals surface area contributed by atoms with Gasteiger partial charge < -0.3 is 4.74 Å². The third-order valence-electron chi connectivity index (χ3n) is 3.60. The summed E-state index contributed by atoms with van der Waals surface area (Å²) in [5, 5.41) is 0. The summed E-state index contributed by atoms with van der Waals surface area (Å²) in [6, 6.07) is 0. The van der Waals surface area contributed by atoms with Crippen molar-refractivity contribution >= 4 is 5.97 Å². The van der Waals surface area contributed by atoms with Crippen LogP contribution in [0, 0.1) is 11.3 Å². The average molecular weight is 196 g/mol. The topological polar surface area (TPSA) is 26.3 Å². The Labute approximate surface area is 86.3 Å². The lowest BCUT2D eigenvalue weighted by Gasteiger charge is -2.32. The van der Waals surface area contributed by atoms with Crippen LogP contribution in [-0.4, -0.2) is 13.1 Å². The van der Waals surface area contributed by atoms with Crippen molar-refractivity contribution in [1.82, 2.24) is 0 Å². The highest BCUT2D eigenvalue weighted by Crippen LogP contribution is 2.44. The van der Waals surface area contributed by atoms with Gasteiger partial charge in [-0.3, -0.25) is 4.79 Å². The van der Waals surface area contributed by atoms with Gasteiger partial charge in [-0.25, -0.2) is 0 Å². The van der Waals surface area contributed by atoms with Crippen LogP contribution in [0.3, 0.4) is 0 Å². The zero-order valence-electron chi connectivity index (χ0n) is 9.21. The Morgan fingerprint density at radius 2 is 2.14 bits per heavy atom. The SMILES string of the molecule is C=C[C@](CC)(C(=O)OC)C1CCCC1. The summed E-state index contributed by atoms with van der Waals surface area (Å²) in [4.78, 5) is 11.8. The Morgan fingerprint density at radius 3 is 2.50 bits per heavy atom. The number of carbonyl (C=O) groups is 1. The summed E-state index contributed by atoms with van der Waals surface area (Å²) >= 11 is 0. The molecule has 0 N–H and O–H groups in total. The summed E-state index contributed by atoms with van der Waals surface area (Å²) in [7, 11) is 1.46. The van der Waals surface area contributed by atoms with Gasteiger partial charge in [0.05, 0.1) is 12.5 Å². The maximum Gasteiger partial charge on any atom is 0.315 e. The summed E-state index contributed by atoms with van der Waals surface area (Å²) < 4.78 is 4.90. The van der Waals surface area contributed by atoms with E-state index in [2.05, 4.69) is 6.58 Å². The van der Waals surface area contributed by atoms with Gasteiger partial charge in [-0.05, 0) is 25.2 Å². The maximum absolute atomic E-state index is 11.8. The van der Waals surface area contributed by atoms with E-state index in [1.54, 1.807) is 6.08 Å². The minimum Gasteiger partial charge on any atom is -0.468 e. The Hall–Kier alpha value is -0.790. The van der Waals surface area contributed by atoms with Gasteiger partial charge >= 0.3 is 5.97 Å². The third-order valence-corrected chi connectivity index (χ3v) is 3.60. The number of carbonyl (C=O) groups excluding carboxylic acids is 1. The van der Waals surface area contributed by atoms with Crippen LogP contribution >= 0.6 is 0 Å². The quantitative estimate of drug-likeness (QED) is 0.510. The van der Waals surface area contributed by atoms with Gasteiger partial charge in [-0.1, -0.05) is 25.8 Å². The van der Waals surface area contributed by atoms with Gasteiger partial charge in [-0.2, -0.15) is 0 Å². The fourth-order valence-corrected chi connectivity index (χ4v) is 2.62. The molecule has 0 bridgehead atoms. The van der Waals surface area contributed by atoms with Crippen molar-refractivity contribution in [2.24, 2.45) is 11.3 Å². The molecule has 1 rings (SSSR count). The summed E-state index contributed by atoms with van der Waals surface area (Å²) in [5.74, 6) is 0.333. The van der Waals surface area contributed by atoms with E-state index >= 15 is 0 Å². The van der Waals surface area contributed by atoms with Gasteiger partial charge in [0.2, 0.25) is 0 Å². The first-order chi connectivity index (χ1) is 6.71. The van der Waals surface area contributed by atoms with Gasteiger partial charge in [0, 0.05) is 0 Å². The lowest BCUT2D eigenvalue weighted by molar-refractivity contribution is -0.153. The van der Waals surface area contributed by atoms with E-state index in [4.69, 9.17) is 4.74 Å². The maximum atomic E-state index is 11.8. The molecule has 1 aliphatic rings. The van der Waals surface area contributed by atoms with E-state index < -0.39 is 5.41 Å². The molecular weight excluding hydrogens is 176 g/mol. The van der Waals surface area contributed by atoms with Crippen LogP contribution in [0.5, 0.6) is 0 Å². The Balaban J connectivity index is 2.88. The van der Waals surface area contributed by atoms with E-state index in [0.717, 1.165) is 19.3 Å². The Morgan fingerprint density at radius 1 is 1.57 bits per heavy atom. The number of rotatable bonds is 4. The lowest BCUT2D eigenvalue weighted by Crippen LogP contribution is -2.36. The number of esters is 1. The summed E-state index contributed by atoms with van der Waals surface area (Å²) in [6.45, 7) is 5.86. The van der Waals surface area contributed by atoms with Crippen molar-refractivity contribution in [3.8, 4) is 0 Å². The molecule has 0 saturated heterocycles. The van der Waals surface area contributed by atoms with Crippen LogP contribution in [0.1, 0.15) is 39.0 Å². The van der Waals surface area contributed by atoms with E-state index in [0.29, 0.717) is 5.92 Å². The second kappa shape index (κ2) is 4.63. The van der Waals surface area contributed by atoms with Crippen LogP contribution in [0.4, 0.5) is 0 Å². The molecular formula is C12H20O2. The van der Waals surface area contributed by atoms with E-state index in [1.165, 1.54) is 20.0 Å². The second-order valence-electron chi connectivity index (χ2n) is 4.07. The molecule has 0 aliphatic heterocycles. The Kier molecular flexibility index (Phi) is 3.73. The smallest absolute Gasteiger partial charge is 0.315 e. The summed E-state index contributed by atoms with van der Waals surface area (Å²) in [6.07, 6.45) is 7.33. The molecule has 0 radical (unpaired) electrons. The average Bonchev–Trinajstić information content (AvgIpc) is 2.74. The molecule has 1 fully saturated rings. The molecule has 2 heteroatoms. The van der Waals surface area contributed by atoms with Crippen molar-refractivity contribution in [3.05, 3.63) is 12.7 Å². The molecule has 1 saturated carbocycles. The normalized spacial score (nSPS) is 21.6. The van der Waals surface area contributed by atoms with Gasteiger partial charge in [0.25, 0.3) is 0 Å². The first-order valence-electron chi connectivity index (χ1n) is 5.43. The number of methoxy groups -OCH3 is 1. The molecule has 0 aromatic rings. The minimum absolute atomic E-state index is 0.109. The minimum atomic E-state index is -0.425. The van der Waals surface area contributed by atoms with E-state index in [9.17, 15) is 4.79 Å². The monoisotopic (exact) mass is 196 g/mol. The zero-order chi connectivity index (χ0) is 10.6. The van der Waals surface area contributed by atoms with Crippen LogP contribution in [0.15, 0.2) is 12.7 Å². The molecule has 0 unspecified atom stereocenters. The fraction of sp³-hybridized carbons (Fsp3) is 0.750. The molecule has 0 heterocycles. The van der Waals surface area contributed by atoms with Crippen LogP contribution in [0.2, 0.25) is 0 Å². The number of hydrogen-bond acceptors (Lipinski definition) is 2. The largest absolute Gasteiger partial charge is 0.468 e. The zero-order valence-corrected chi connectivity index (χ0v) is 9.21. The van der Waals surface area contributed by atoms with Gasteiger partial charge in [0.1, 0.15) is 0 Å². The summed E-state index contributed by atoms with van der Waals surface area (Å²) in [5.41, 5.74) is -0.425. The van der Waals surface area contributed by atoms with Crippen LogP contribution in [-0.2, 0) is 9.53 Å². The molecule has 1 atom stereocenters. The highest BCUT2D eigenvalue weighted by molar-refractivity contribution is 5.79. The molecule has 0 amide bonds. The number of hydrogen-bond donors (Lipinski definition) is 0. The molecule has 1 aliphatic carbocycles. The highest BCUT2D eigenvalue weighted by atomic mass is 16.5. The second-order valence-corrected chi connectivity index (χ2v) is 4.07. The van der Waals surface area contributed by atoms with Crippen molar-refractivity contribution < 1.29 is 9.53 Å². The van der Waals surface area contributed by atoms with Crippen molar-refractivity contribution in [2.45, 2.75) is 39.0 Å².